The van der Waals surface area contributed by atoms with Crippen molar-refractivity contribution in [1.29, 1.82) is 0 Å². The van der Waals surface area contributed by atoms with Gasteiger partial charge in [0, 0.05) is 12.1 Å². The number of ether oxygens (including phenoxy) is 3. The molecule has 11 nitrogen and oxygen atoms in total. The minimum absolute atomic E-state index is 0.154. The molecule has 0 amide bonds. The Morgan fingerprint density at radius 1 is 0.875 bits per heavy atom. The van der Waals surface area contributed by atoms with Crippen molar-refractivity contribution in [3.8, 4) is 28.7 Å². The number of rotatable bonds is 3. The van der Waals surface area contributed by atoms with Crippen LogP contribution in [-0.2, 0) is 9.47 Å². The number of fused-ring (bicyclic) bond motifs is 1. The van der Waals surface area contributed by atoms with Crippen molar-refractivity contribution >= 4 is 5.78 Å². The average molecular weight is 450 g/mol. The molecule has 2 aliphatic heterocycles. The summed E-state index contributed by atoms with van der Waals surface area (Å²) < 4.78 is 16.9. The lowest BCUT2D eigenvalue weighted by Gasteiger charge is -2.42. The molecule has 2 heterocycles. The van der Waals surface area contributed by atoms with Crippen LogP contribution in [-0.4, -0.2) is 78.3 Å². The molecule has 0 saturated carbocycles. The lowest BCUT2D eigenvalue weighted by Crippen LogP contribution is -2.59. The van der Waals surface area contributed by atoms with Gasteiger partial charge in [0.25, 0.3) is 0 Å². The molecule has 0 aromatic heterocycles. The number of Topliss-reactive ketones (excluding diaryl/α,β-unsaturated/α-hetero) is 1. The number of aliphatic hydroxyl groups excluding tert-OH is 3. The van der Waals surface area contributed by atoms with E-state index < -0.39 is 65.9 Å². The first-order valence-corrected chi connectivity index (χ1v) is 9.72. The fourth-order valence-corrected chi connectivity index (χ4v) is 3.77. The summed E-state index contributed by atoms with van der Waals surface area (Å²) in [5.41, 5.74) is -0.1000. The van der Waals surface area contributed by atoms with Crippen LogP contribution >= 0.6 is 0 Å². The summed E-state index contributed by atoms with van der Waals surface area (Å²) in [5.74, 6) is -2.79. The van der Waals surface area contributed by atoms with Crippen LogP contribution in [0.25, 0.3) is 0 Å². The molecule has 1 saturated heterocycles. The lowest BCUT2D eigenvalue weighted by atomic mass is 9.92. The third-order valence-corrected chi connectivity index (χ3v) is 5.52. The van der Waals surface area contributed by atoms with Crippen LogP contribution in [0.15, 0.2) is 30.3 Å². The van der Waals surface area contributed by atoms with Crippen molar-refractivity contribution in [2.75, 3.05) is 0 Å². The van der Waals surface area contributed by atoms with Gasteiger partial charge in [0.1, 0.15) is 41.1 Å². The summed E-state index contributed by atoms with van der Waals surface area (Å²) in [7, 11) is 0. The molecule has 0 bridgehead atoms. The van der Waals surface area contributed by atoms with Crippen molar-refractivity contribution in [1.82, 2.24) is 0 Å². The quantitative estimate of drug-likeness (QED) is 0.313. The third kappa shape index (κ3) is 3.70. The molecule has 2 aromatic rings. The first-order chi connectivity index (χ1) is 15.1. The smallest absolute Gasteiger partial charge is 0.203 e. The summed E-state index contributed by atoms with van der Waals surface area (Å²) >= 11 is 0. The van der Waals surface area contributed by atoms with Crippen molar-refractivity contribution in [2.45, 2.75) is 49.8 Å². The Labute approximate surface area is 181 Å². The zero-order chi connectivity index (χ0) is 23.3. The number of phenols is 4. The first kappa shape index (κ1) is 22.1. The standard InChI is InChI=1S/C21H22O11/c1-7-15(26)17(28)18(29)21(30-7)32-20-16(27)14-12(25)5-9(22)6-13(14)31-19(20)8-2-3-10(23)11(24)4-8/h2-7,15,17-26,28-29H,1H3/t7-,15-,17+,18+,19-,20+,21-/m0/s1. The number of aliphatic hydroxyl groups is 3. The van der Waals surface area contributed by atoms with E-state index in [1.165, 1.54) is 19.1 Å². The van der Waals surface area contributed by atoms with Gasteiger partial charge in [0.05, 0.1) is 6.10 Å². The Morgan fingerprint density at radius 3 is 2.28 bits per heavy atom. The summed E-state index contributed by atoms with van der Waals surface area (Å²) in [6, 6.07) is 5.72. The largest absolute Gasteiger partial charge is 0.508 e. The van der Waals surface area contributed by atoms with Gasteiger partial charge in [-0.3, -0.25) is 4.79 Å². The molecule has 4 rings (SSSR count). The zero-order valence-electron chi connectivity index (χ0n) is 16.7. The molecule has 0 radical (unpaired) electrons. The second-order valence-electron chi connectivity index (χ2n) is 7.73. The molecule has 0 unspecified atom stereocenters. The van der Waals surface area contributed by atoms with Gasteiger partial charge in [-0.15, -0.1) is 0 Å². The zero-order valence-corrected chi connectivity index (χ0v) is 16.7. The topological polar surface area (TPSA) is 186 Å². The van der Waals surface area contributed by atoms with E-state index in [1.54, 1.807) is 0 Å². The Bertz CT molecular complexity index is 1040. The highest BCUT2D eigenvalue weighted by molar-refractivity contribution is 6.05. The van der Waals surface area contributed by atoms with E-state index in [-0.39, 0.29) is 22.6 Å². The second-order valence-corrected chi connectivity index (χ2v) is 7.73. The summed E-state index contributed by atoms with van der Waals surface area (Å²) in [6.45, 7) is 1.44. The predicted octanol–water partition coefficient (Wildman–Crippen LogP) is 0.0381. The van der Waals surface area contributed by atoms with Gasteiger partial charge in [0.2, 0.25) is 5.78 Å². The Morgan fingerprint density at radius 2 is 1.59 bits per heavy atom. The Hall–Kier alpha value is -3.09. The monoisotopic (exact) mass is 450 g/mol. The van der Waals surface area contributed by atoms with E-state index in [1.807, 2.05) is 0 Å². The summed E-state index contributed by atoms with van der Waals surface area (Å²) in [4.78, 5) is 13.3. The van der Waals surface area contributed by atoms with Gasteiger partial charge in [0.15, 0.2) is 30.0 Å². The van der Waals surface area contributed by atoms with E-state index >= 15 is 0 Å². The SMILES string of the molecule is C[C@@H]1O[C@@H](O[C@@H]2C(=O)c3c(O)cc(O)cc3O[C@H]2c2ccc(O)c(O)c2)[C@H](O)[C@H](O)[C@H]1O. The lowest BCUT2D eigenvalue weighted by molar-refractivity contribution is -0.304. The second kappa shape index (κ2) is 8.11. The van der Waals surface area contributed by atoms with E-state index in [2.05, 4.69) is 0 Å². The van der Waals surface area contributed by atoms with Crippen molar-refractivity contribution in [3.63, 3.8) is 0 Å². The van der Waals surface area contributed by atoms with Gasteiger partial charge in [-0.05, 0) is 24.6 Å². The molecule has 7 N–H and O–H groups in total. The summed E-state index contributed by atoms with van der Waals surface area (Å²) in [6.07, 6.45) is -10.0. The number of aromatic hydroxyl groups is 4. The number of carbonyl (C=O) groups is 1. The van der Waals surface area contributed by atoms with E-state index in [9.17, 15) is 40.5 Å². The molecule has 2 aromatic carbocycles. The normalized spacial score (nSPS) is 32.2. The van der Waals surface area contributed by atoms with Crippen molar-refractivity contribution in [3.05, 3.63) is 41.5 Å². The van der Waals surface area contributed by atoms with Crippen LogP contribution < -0.4 is 4.74 Å². The van der Waals surface area contributed by atoms with Crippen LogP contribution in [0.4, 0.5) is 0 Å². The van der Waals surface area contributed by atoms with E-state index in [4.69, 9.17) is 14.2 Å². The number of benzene rings is 2. The van der Waals surface area contributed by atoms with Crippen molar-refractivity contribution < 1.29 is 54.8 Å². The van der Waals surface area contributed by atoms with Crippen LogP contribution in [0.5, 0.6) is 28.7 Å². The molecule has 7 atom stereocenters. The van der Waals surface area contributed by atoms with Gasteiger partial charge >= 0.3 is 0 Å². The highest BCUT2D eigenvalue weighted by Crippen LogP contribution is 2.44. The molecular weight excluding hydrogens is 428 g/mol. The highest BCUT2D eigenvalue weighted by Gasteiger charge is 2.48. The maximum atomic E-state index is 13.3. The minimum Gasteiger partial charge on any atom is -0.508 e. The predicted molar refractivity (Wildman–Crippen MR) is 104 cm³/mol. The third-order valence-electron chi connectivity index (χ3n) is 5.52. The molecule has 0 aliphatic carbocycles. The number of carbonyl (C=O) groups excluding carboxylic acids is 1. The number of phenolic OH excluding ortho intramolecular Hbond substituents is 4. The van der Waals surface area contributed by atoms with Crippen molar-refractivity contribution in [2.24, 2.45) is 0 Å². The number of ketones is 1. The van der Waals surface area contributed by atoms with Crippen LogP contribution in [0, 0.1) is 0 Å². The van der Waals surface area contributed by atoms with E-state index in [0.29, 0.717) is 0 Å². The molecule has 11 heteroatoms. The molecule has 2 aliphatic rings. The maximum absolute atomic E-state index is 13.3. The van der Waals surface area contributed by atoms with Gasteiger partial charge in [-0.25, -0.2) is 0 Å². The highest BCUT2D eigenvalue weighted by atomic mass is 16.7. The number of hydrogen-bond acceptors (Lipinski definition) is 11. The Kier molecular flexibility index (Phi) is 5.61. The molecule has 32 heavy (non-hydrogen) atoms. The fourth-order valence-electron chi connectivity index (χ4n) is 3.77. The van der Waals surface area contributed by atoms with Crippen LogP contribution in [0.1, 0.15) is 28.9 Å². The van der Waals surface area contributed by atoms with Gasteiger partial charge in [-0.1, -0.05) is 6.07 Å². The first-order valence-electron chi connectivity index (χ1n) is 9.72. The maximum Gasteiger partial charge on any atom is 0.203 e. The van der Waals surface area contributed by atoms with Gasteiger partial charge in [-0.2, -0.15) is 0 Å². The number of hydrogen-bond donors (Lipinski definition) is 7. The van der Waals surface area contributed by atoms with E-state index in [0.717, 1.165) is 18.2 Å². The molecule has 172 valence electrons. The molecular formula is C21H22O11. The average Bonchev–Trinajstić information content (AvgIpc) is 2.73. The van der Waals surface area contributed by atoms with Gasteiger partial charge < -0.3 is 50.0 Å². The summed E-state index contributed by atoms with van der Waals surface area (Å²) in [5, 5.41) is 69.7. The minimum atomic E-state index is -1.71. The van der Waals surface area contributed by atoms with Crippen LogP contribution in [0.2, 0.25) is 0 Å². The molecule has 0 spiro atoms. The van der Waals surface area contributed by atoms with Crippen LogP contribution in [0.3, 0.4) is 0 Å². The fraction of sp³-hybridized carbons (Fsp3) is 0.381. The molecule has 1 fully saturated rings. The Balaban J connectivity index is 1.75.